The zero-order valence-electron chi connectivity index (χ0n) is 9.54. The second-order valence-electron chi connectivity index (χ2n) is 4.45. The largest absolute Gasteiger partial charge is 0.370 e. The van der Waals surface area contributed by atoms with Gasteiger partial charge >= 0.3 is 0 Å². The highest BCUT2D eigenvalue weighted by Gasteiger charge is 2.25. The van der Waals surface area contributed by atoms with Crippen LogP contribution in [0.5, 0.6) is 0 Å². The van der Waals surface area contributed by atoms with Crippen molar-refractivity contribution in [1.82, 2.24) is 5.32 Å². The van der Waals surface area contributed by atoms with Gasteiger partial charge in [0.1, 0.15) is 0 Å². The van der Waals surface area contributed by atoms with E-state index in [-0.39, 0.29) is 11.4 Å². The standard InChI is InChI=1S/C10H19N3OS/c1-4-7-6-12-9(15-7)13-10(2,3)5-8(11)14/h7H,4-6H2,1-3H3,(H2,11,14)(H,12,13). The SMILES string of the molecule is CCC1CN=C(NC(C)(C)CC(N)=O)S1. The Hall–Kier alpha value is -0.710. The van der Waals surface area contributed by atoms with Gasteiger partial charge in [-0.25, -0.2) is 0 Å². The Bertz CT molecular complexity index is 276. The number of primary amides is 1. The van der Waals surface area contributed by atoms with Crippen molar-refractivity contribution in [1.29, 1.82) is 0 Å². The van der Waals surface area contributed by atoms with E-state index in [1.165, 1.54) is 0 Å². The van der Waals surface area contributed by atoms with E-state index in [0.717, 1.165) is 18.1 Å². The molecule has 0 aliphatic carbocycles. The first-order valence-electron chi connectivity index (χ1n) is 5.20. The molecule has 15 heavy (non-hydrogen) atoms. The van der Waals surface area contributed by atoms with Crippen molar-refractivity contribution in [3.05, 3.63) is 0 Å². The third kappa shape index (κ3) is 4.11. The number of carbonyl (C=O) groups is 1. The molecule has 0 aromatic carbocycles. The summed E-state index contributed by atoms with van der Waals surface area (Å²) in [7, 11) is 0. The Morgan fingerprint density at radius 1 is 1.73 bits per heavy atom. The van der Waals surface area contributed by atoms with E-state index in [9.17, 15) is 4.79 Å². The number of rotatable bonds is 4. The van der Waals surface area contributed by atoms with Gasteiger partial charge in [-0.15, -0.1) is 0 Å². The number of carbonyl (C=O) groups excluding carboxylic acids is 1. The molecule has 0 saturated heterocycles. The Morgan fingerprint density at radius 3 is 2.87 bits per heavy atom. The fraction of sp³-hybridized carbons (Fsp3) is 0.800. The topological polar surface area (TPSA) is 67.5 Å². The minimum Gasteiger partial charge on any atom is -0.370 e. The molecule has 1 aliphatic rings. The summed E-state index contributed by atoms with van der Waals surface area (Å²) < 4.78 is 0. The Morgan fingerprint density at radius 2 is 2.40 bits per heavy atom. The summed E-state index contributed by atoms with van der Waals surface area (Å²) in [6.45, 7) is 6.95. The number of hydrogen-bond acceptors (Lipinski definition) is 4. The minimum absolute atomic E-state index is 0.289. The van der Waals surface area contributed by atoms with Crippen LogP contribution in [-0.4, -0.2) is 28.4 Å². The van der Waals surface area contributed by atoms with Gasteiger partial charge in [0.05, 0.1) is 6.54 Å². The number of nitrogens with two attached hydrogens (primary N) is 1. The molecule has 1 atom stereocenters. The minimum atomic E-state index is -0.305. The van der Waals surface area contributed by atoms with E-state index in [1.807, 2.05) is 13.8 Å². The van der Waals surface area contributed by atoms with E-state index in [0.29, 0.717) is 11.7 Å². The van der Waals surface area contributed by atoms with Gasteiger partial charge in [0.15, 0.2) is 5.17 Å². The zero-order valence-corrected chi connectivity index (χ0v) is 10.4. The lowest BCUT2D eigenvalue weighted by Crippen LogP contribution is -2.44. The predicted molar refractivity (Wildman–Crippen MR) is 65.0 cm³/mol. The van der Waals surface area contributed by atoms with Gasteiger partial charge in [-0.2, -0.15) is 0 Å². The molecule has 0 fully saturated rings. The Kier molecular flexibility index (Phi) is 4.02. The van der Waals surface area contributed by atoms with Crippen molar-refractivity contribution in [2.45, 2.75) is 44.4 Å². The van der Waals surface area contributed by atoms with E-state index >= 15 is 0 Å². The average Bonchev–Trinajstić information content (AvgIpc) is 2.48. The summed E-state index contributed by atoms with van der Waals surface area (Å²) in [5, 5.41) is 4.78. The van der Waals surface area contributed by atoms with Crippen LogP contribution in [0.4, 0.5) is 0 Å². The number of nitrogens with zero attached hydrogens (tertiary/aromatic N) is 1. The lowest BCUT2D eigenvalue weighted by molar-refractivity contribution is -0.119. The van der Waals surface area contributed by atoms with Gasteiger partial charge < -0.3 is 11.1 Å². The number of hydrogen-bond donors (Lipinski definition) is 2. The maximum atomic E-state index is 10.8. The molecule has 86 valence electrons. The van der Waals surface area contributed by atoms with Crippen molar-refractivity contribution in [3.63, 3.8) is 0 Å². The van der Waals surface area contributed by atoms with E-state index < -0.39 is 0 Å². The third-order valence-corrected chi connectivity index (χ3v) is 3.50. The molecule has 0 bridgehead atoms. The maximum Gasteiger partial charge on any atom is 0.219 e. The summed E-state index contributed by atoms with van der Waals surface area (Å²) >= 11 is 1.75. The lowest BCUT2D eigenvalue weighted by atomic mass is 10.0. The molecule has 0 aromatic heterocycles. The molecule has 0 radical (unpaired) electrons. The van der Waals surface area contributed by atoms with Gasteiger partial charge in [0.2, 0.25) is 5.91 Å². The molecule has 0 saturated carbocycles. The highest BCUT2D eigenvalue weighted by molar-refractivity contribution is 8.14. The lowest BCUT2D eigenvalue weighted by Gasteiger charge is -2.25. The van der Waals surface area contributed by atoms with Crippen LogP contribution in [-0.2, 0) is 4.79 Å². The first-order valence-corrected chi connectivity index (χ1v) is 6.08. The van der Waals surface area contributed by atoms with Crippen molar-refractivity contribution in [2.75, 3.05) is 6.54 Å². The molecule has 1 unspecified atom stereocenters. The molecule has 1 rings (SSSR count). The van der Waals surface area contributed by atoms with Crippen LogP contribution in [0.1, 0.15) is 33.6 Å². The molecule has 1 aliphatic heterocycles. The van der Waals surface area contributed by atoms with Gasteiger partial charge in [0.25, 0.3) is 0 Å². The molecule has 1 amide bonds. The number of amidine groups is 1. The highest BCUT2D eigenvalue weighted by atomic mass is 32.2. The molecule has 5 heteroatoms. The second kappa shape index (κ2) is 4.88. The number of thioether (sulfide) groups is 1. The van der Waals surface area contributed by atoms with Crippen LogP contribution in [0.15, 0.2) is 4.99 Å². The normalized spacial score (nSPS) is 21.3. The highest BCUT2D eigenvalue weighted by Crippen LogP contribution is 2.24. The van der Waals surface area contributed by atoms with Crippen molar-refractivity contribution < 1.29 is 4.79 Å². The van der Waals surface area contributed by atoms with Crippen LogP contribution >= 0.6 is 11.8 Å². The maximum absolute atomic E-state index is 10.8. The van der Waals surface area contributed by atoms with Crippen LogP contribution in [0.2, 0.25) is 0 Å². The Balaban J connectivity index is 2.45. The van der Waals surface area contributed by atoms with Crippen molar-refractivity contribution in [3.8, 4) is 0 Å². The smallest absolute Gasteiger partial charge is 0.219 e. The van der Waals surface area contributed by atoms with Crippen molar-refractivity contribution in [2.24, 2.45) is 10.7 Å². The number of amides is 1. The van der Waals surface area contributed by atoms with Gasteiger partial charge in [-0.1, -0.05) is 18.7 Å². The molecule has 3 N–H and O–H groups in total. The van der Waals surface area contributed by atoms with Gasteiger partial charge in [0, 0.05) is 17.2 Å². The quantitative estimate of drug-likeness (QED) is 0.759. The summed E-state index contributed by atoms with van der Waals surface area (Å²) in [5.74, 6) is -0.289. The number of aliphatic imine (C=N–C) groups is 1. The fourth-order valence-electron chi connectivity index (χ4n) is 1.47. The zero-order chi connectivity index (χ0) is 11.5. The first-order chi connectivity index (χ1) is 6.93. The van der Waals surface area contributed by atoms with Crippen LogP contribution in [0.3, 0.4) is 0 Å². The van der Waals surface area contributed by atoms with Gasteiger partial charge in [-0.3, -0.25) is 9.79 Å². The Labute approximate surface area is 95.1 Å². The van der Waals surface area contributed by atoms with Crippen LogP contribution in [0, 0.1) is 0 Å². The fourth-order valence-corrected chi connectivity index (χ4v) is 2.58. The predicted octanol–water partition coefficient (Wildman–Crippen LogP) is 1.11. The number of nitrogens with one attached hydrogen (secondary N) is 1. The van der Waals surface area contributed by atoms with Gasteiger partial charge in [-0.05, 0) is 20.3 Å². The second-order valence-corrected chi connectivity index (χ2v) is 5.73. The molecular weight excluding hydrogens is 210 g/mol. The molecule has 4 nitrogen and oxygen atoms in total. The van der Waals surface area contributed by atoms with E-state index in [1.54, 1.807) is 11.8 Å². The monoisotopic (exact) mass is 229 g/mol. The van der Waals surface area contributed by atoms with Crippen LogP contribution in [0.25, 0.3) is 0 Å². The third-order valence-electron chi connectivity index (χ3n) is 2.23. The average molecular weight is 229 g/mol. The van der Waals surface area contributed by atoms with Crippen LogP contribution < -0.4 is 11.1 Å². The molecule has 0 spiro atoms. The summed E-state index contributed by atoms with van der Waals surface area (Å²) in [5.41, 5.74) is 4.88. The van der Waals surface area contributed by atoms with Crippen molar-refractivity contribution >= 4 is 22.8 Å². The summed E-state index contributed by atoms with van der Waals surface area (Å²) in [6, 6.07) is 0. The summed E-state index contributed by atoms with van der Waals surface area (Å²) in [4.78, 5) is 15.2. The molecule has 1 heterocycles. The first kappa shape index (κ1) is 12.4. The summed E-state index contributed by atoms with van der Waals surface area (Å²) in [6.07, 6.45) is 1.44. The molecule has 0 aromatic rings. The van der Waals surface area contributed by atoms with E-state index in [2.05, 4.69) is 17.2 Å². The molecular formula is C10H19N3OS. The van der Waals surface area contributed by atoms with E-state index in [4.69, 9.17) is 5.73 Å².